The summed E-state index contributed by atoms with van der Waals surface area (Å²) in [6.07, 6.45) is -4.32. The number of carbonyl (C=O) groups excluding carboxylic acids is 1. The fourth-order valence-electron chi connectivity index (χ4n) is 1.25. The van der Waals surface area contributed by atoms with Crippen LogP contribution >= 0.6 is 0 Å². The van der Waals surface area contributed by atoms with Gasteiger partial charge >= 0.3 is 6.18 Å². The van der Waals surface area contributed by atoms with Crippen LogP contribution in [0.4, 0.5) is 18.9 Å². The molecule has 0 aromatic heterocycles. The molecule has 0 saturated heterocycles. The maximum absolute atomic E-state index is 12.0. The summed E-state index contributed by atoms with van der Waals surface area (Å²) in [5.74, 6) is -0.497. The van der Waals surface area contributed by atoms with Crippen LogP contribution in [-0.2, 0) is 4.79 Å². The van der Waals surface area contributed by atoms with Gasteiger partial charge in [0.2, 0.25) is 5.91 Å². The van der Waals surface area contributed by atoms with Crippen molar-refractivity contribution in [2.24, 2.45) is 0 Å². The summed E-state index contributed by atoms with van der Waals surface area (Å²) in [7, 11) is 0. The van der Waals surface area contributed by atoms with Crippen molar-refractivity contribution in [3.63, 3.8) is 0 Å². The van der Waals surface area contributed by atoms with Crippen LogP contribution in [0.5, 0.6) is 0 Å². The molecule has 1 amide bonds. The summed E-state index contributed by atoms with van der Waals surface area (Å²) in [5, 5.41) is 4.65. The molecule has 1 aromatic carbocycles. The molecule has 0 fully saturated rings. The number of nitrogens with one attached hydrogen (secondary N) is 2. The van der Waals surface area contributed by atoms with E-state index in [1.165, 1.54) is 6.92 Å². The van der Waals surface area contributed by atoms with Gasteiger partial charge in [-0.25, -0.2) is 0 Å². The number of halogens is 3. The number of benzene rings is 1. The summed E-state index contributed by atoms with van der Waals surface area (Å²) in [4.78, 5) is 11.6. The van der Waals surface area contributed by atoms with Gasteiger partial charge in [-0.1, -0.05) is 17.7 Å². The fraction of sp³-hybridized carbons (Fsp3) is 0.417. The van der Waals surface area contributed by atoms with Crippen molar-refractivity contribution in [2.45, 2.75) is 26.1 Å². The van der Waals surface area contributed by atoms with Gasteiger partial charge in [-0.15, -0.1) is 0 Å². The van der Waals surface area contributed by atoms with Crippen molar-refractivity contribution in [3.8, 4) is 0 Å². The van der Waals surface area contributed by atoms with E-state index in [0.29, 0.717) is 5.69 Å². The first-order valence-electron chi connectivity index (χ1n) is 5.45. The summed E-state index contributed by atoms with van der Waals surface area (Å²) in [5.41, 5.74) is 1.60. The number of hydrogen-bond acceptors (Lipinski definition) is 2. The highest BCUT2D eigenvalue weighted by atomic mass is 19.4. The van der Waals surface area contributed by atoms with Crippen LogP contribution in [0.2, 0.25) is 0 Å². The number of rotatable bonds is 4. The number of amides is 1. The zero-order chi connectivity index (χ0) is 13.8. The molecule has 2 N–H and O–H groups in total. The Labute approximate surface area is 103 Å². The number of anilines is 1. The van der Waals surface area contributed by atoms with Crippen LogP contribution in [0.1, 0.15) is 12.5 Å². The third-order valence-electron chi connectivity index (χ3n) is 2.32. The van der Waals surface area contributed by atoms with E-state index < -0.39 is 24.7 Å². The van der Waals surface area contributed by atoms with Crippen molar-refractivity contribution in [1.82, 2.24) is 5.32 Å². The van der Waals surface area contributed by atoms with Gasteiger partial charge in [0.05, 0.1) is 12.6 Å². The SMILES string of the molecule is Cc1ccc(NC(=O)C(C)NCC(F)(F)F)cc1. The number of alkyl halides is 3. The Balaban J connectivity index is 2.47. The molecular weight excluding hydrogens is 245 g/mol. The summed E-state index contributed by atoms with van der Waals surface area (Å²) in [6.45, 7) is 2.10. The Morgan fingerprint density at radius 2 is 1.83 bits per heavy atom. The summed E-state index contributed by atoms with van der Waals surface area (Å²) in [6, 6.07) is 6.10. The molecule has 1 rings (SSSR count). The minimum atomic E-state index is -4.32. The van der Waals surface area contributed by atoms with Crippen molar-refractivity contribution in [2.75, 3.05) is 11.9 Å². The molecule has 1 unspecified atom stereocenters. The predicted octanol–water partition coefficient (Wildman–Crippen LogP) is 2.47. The van der Waals surface area contributed by atoms with Gasteiger partial charge < -0.3 is 5.32 Å². The van der Waals surface area contributed by atoms with Crippen LogP contribution in [0, 0.1) is 6.92 Å². The Kier molecular flexibility index (Phi) is 4.72. The molecule has 0 saturated carbocycles. The van der Waals surface area contributed by atoms with E-state index in [4.69, 9.17) is 0 Å². The molecule has 18 heavy (non-hydrogen) atoms. The lowest BCUT2D eigenvalue weighted by Crippen LogP contribution is -2.42. The lowest BCUT2D eigenvalue weighted by Gasteiger charge is -2.15. The van der Waals surface area contributed by atoms with Crippen molar-refractivity contribution in [1.29, 1.82) is 0 Å². The Morgan fingerprint density at radius 1 is 1.28 bits per heavy atom. The molecule has 100 valence electrons. The lowest BCUT2D eigenvalue weighted by atomic mass is 10.2. The first-order chi connectivity index (χ1) is 8.28. The molecule has 1 aromatic rings. The first kappa shape index (κ1) is 14.5. The van der Waals surface area contributed by atoms with E-state index in [9.17, 15) is 18.0 Å². The zero-order valence-corrected chi connectivity index (χ0v) is 10.1. The first-order valence-corrected chi connectivity index (χ1v) is 5.45. The summed E-state index contributed by atoms with van der Waals surface area (Å²) >= 11 is 0. The van der Waals surface area contributed by atoms with Gasteiger partial charge in [-0.3, -0.25) is 10.1 Å². The molecule has 0 spiro atoms. The van der Waals surface area contributed by atoms with Gasteiger partial charge in [0.1, 0.15) is 0 Å². The van der Waals surface area contributed by atoms with Crippen molar-refractivity contribution in [3.05, 3.63) is 29.8 Å². The fourth-order valence-corrected chi connectivity index (χ4v) is 1.25. The largest absolute Gasteiger partial charge is 0.401 e. The second-order valence-electron chi connectivity index (χ2n) is 4.07. The third kappa shape index (κ3) is 5.18. The van der Waals surface area contributed by atoms with E-state index in [1.807, 2.05) is 19.1 Å². The van der Waals surface area contributed by atoms with Crippen LogP contribution < -0.4 is 10.6 Å². The van der Waals surface area contributed by atoms with Gasteiger partial charge in [-0.2, -0.15) is 13.2 Å². The van der Waals surface area contributed by atoms with E-state index in [1.54, 1.807) is 12.1 Å². The molecule has 0 aliphatic heterocycles. The lowest BCUT2D eigenvalue weighted by molar-refractivity contribution is -0.129. The van der Waals surface area contributed by atoms with E-state index in [-0.39, 0.29) is 0 Å². The zero-order valence-electron chi connectivity index (χ0n) is 10.1. The summed E-state index contributed by atoms with van der Waals surface area (Å²) < 4.78 is 35.9. The van der Waals surface area contributed by atoms with E-state index >= 15 is 0 Å². The second kappa shape index (κ2) is 5.86. The van der Waals surface area contributed by atoms with Crippen LogP contribution in [0.15, 0.2) is 24.3 Å². The monoisotopic (exact) mass is 260 g/mol. The quantitative estimate of drug-likeness (QED) is 0.873. The van der Waals surface area contributed by atoms with Crippen LogP contribution in [-0.4, -0.2) is 24.7 Å². The molecule has 6 heteroatoms. The third-order valence-corrected chi connectivity index (χ3v) is 2.32. The van der Waals surface area contributed by atoms with Crippen molar-refractivity contribution < 1.29 is 18.0 Å². The molecular formula is C12H15F3N2O. The van der Waals surface area contributed by atoms with Gasteiger partial charge in [-0.05, 0) is 26.0 Å². The van der Waals surface area contributed by atoms with Gasteiger partial charge in [0.15, 0.2) is 0 Å². The number of aryl methyl sites for hydroxylation is 1. The topological polar surface area (TPSA) is 41.1 Å². The minimum Gasteiger partial charge on any atom is -0.325 e. The average molecular weight is 260 g/mol. The molecule has 0 aliphatic rings. The smallest absolute Gasteiger partial charge is 0.325 e. The molecule has 3 nitrogen and oxygen atoms in total. The maximum atomic E-state index is 12.0. The van der Waals surface area contributed by atoms with E-state index in [0.717, 1.165) is 5.56 Å². The molecule has 0 radical (unpaired) electrons. The number of carbonyl (C=O) groups is 1. The standard InChI is InChI=1S/C12H15F3N2O/c1-8-3-5-10(6-4-8)17-11(18)9(2)16-7-12(13,14)15/h3-6,9,16H,7H2,1-2H3,(H,17,18). The highest BCUT2D eigenvalue weighted by Gasteiger charge is 2.28. The highest BCUT2D eigenvalue weighted by Crippen LogP contribution is 2.13. The predicted molar refractivity (Wildman–Crippen MR) is 63.3 cm³/mol. The number of hydrogen-bond donors (Lipinski definition) is 2. The molecule has 1 atom stereocenters. The van der Waals surface area contributed by atoms with Crippen LogP contribution in [0.25, 0.3) is 0 Å². The average Bonchev–Trinajstić information content (AvgIpc) is 2.28. The van der Waals surface area contributed by atoms with Crippen LogP contribution in [0.3, 0.4) is 0 Å². The van der Waals surface area contributed by atoms with Gasteiger partial charge in [0.25, 0.3) is 0 Å². The molecule has 0 bridgehead atoms. The second-order valence-corrected chi connectivity index (χ2v) is 4.07. The Bertz CT molecular complexity index is 401. The van der Waals surface area contributed by atoms with Gasteiger partial charge in [0, 0.05) is 5.69 Å². The molecule has 0 heterocycles. The maximum Gasteiger partial charge on any atom is 0.401 e. The Hall–Kier alpha value is -1.56. The molecule has 0 aliphatic carbocycles. The van der Waals surface area contributed by atoms with E-state index in [2.05, 4.69) is 10.6 Å². The highest BCUT2D eigenvalue weighted by molar-refractivity contribution is 5.94. The Morgan fingerprint density at radius 3 is 2.33 bits per heavy atom. The minimum absolute atomic E-state index is 0.497. The normalized spacial score (nSPS) is 13.2. The van der Waals surface area contributed by atoms with Crippen molar-refractivity contribution >= 4 is 11.6 Å².